The third-order valence-corrected chi connectivity index (χ3v) is 13.8. The molecule has 0 saturated heterocycles. The third-order valence-electron chi connectivity index (χ3n) is 13.8. The van der Waals surface area contributed by atoms with Gasteiger partial charge in [-0.15, -0.1) is 0 Å². The van der Waals surface area contributed by atoms with Crippen molar-refractivity contribution in [1.82, 2.24) is 0 Å². The van der Waals surface area contributed by atoms with Gasteiger partial charge in [0.25, 0.3) is 0 Å². The van der Waals surface area contributed by atoms with Crippen LogP contribution in [-0.4, -0.2) is 6.85 Å². The molecule has 0 saturated carbocycles. The summed E-state index contributed by atoms with van der Waals surface area (Å²) in [5, 5.41) is 2.42. The zero-order chi connectivity index (χ0) is 45.0. The van der Waals surface area contributed by atoms with E-state index in [0.717, 1.165) is 39.8 Å². The second-order valence-electron chi connectivity index (χ2n) is 17.7. The van der Waals surface area contributed by atoms with Crippen LogP contribution < -0.4 is 25.5 Å². The summed E-state index contributed by atoms with van der Waals surface area (Å²) in [5.74, 6) is 0. The van der Waals surface area contributed by atoms with Crippen LogP contribution in [0.5, 0.6) is 0 Å². The van der Waals surface area contributed by atoms with E-state index < -0.39 is 0 Å². The minimum Gasteiger partial charge on any atom is -0.376 e. The topological polar surface area (TPSA) is 9.72 Å². The zero-order valence-corrected chi connectivity index (χ0v) is 37.3. The molecule has 0 atom stereocenters. The van der Waals surface area contributed by atoms with E-state index in [9.17, 15) is 0 Å². The van der Waals surface area contributed by atoms with Crippen molar-refractivity contribution in [3.05, 3.63) is 267 Å². The quantitative estimate of drug-likeness (QED) is 0.141. The molecule has 2 aliphatic rings. The average Bonchev–Trinajstić information content (AvgIpc) is 3.42. The molecule has 0 amide bonds. The number of nitrogens with zero attached hydrogens (tertiary/aromatic N) is 3. The van der Waals surface area contributed by atoms with Crippen LogP contribution in [0.1, 0.15) is 0 Å². The van der Waals surface area contributed by atoms with Crippen LogP contribution in [0, 0.1) is 0 Å². The van der Waals surface area contributed by atoms with Gasteiger partial charge in [-0.2, -0.15) is 0 Å². The Labute approximate surface area is 398 Å². The molecule has 0 fully saturated rings. The van der Waals surface area contributed by atoms with Crippen molar-refractivity contribution in [2.75, 3.05) is 14.6 Å². The average molecular weight is 866 g/mol. The van der Waals surface area contributed by atoms with E-state index in [-0.39, 0.29) is 6.85 Å². The minimum atomic E-state index is -0.186. The van der Waals surface area contributed by atoms with Crippen molar-refractivity contribution in [1.29, 1.82) is 0 Å². The van der Waals surface area contributed by atoms with Gasteiger partial charge in [0, 0.05) is 50.8 Å². The van der Waals surface area contributed by atoms with Gasteiger partial charge in [-0.1, -0.05) is 194 Å². The number of hydrogen-bond donors (Lipinski definition) is 0. The van der Waals surface area contributed by atoms with Crippen LogP contribution in [0.2, 0.25) is 0 Å². The molecule has 0 spiro atoms. The van der Waals surface area contributed by atoms with Crippen LogP contribution >= 0.6 is 0 Å². The second-order valence-corrected chi connectivity index (χ2v) is 17.7. The van der Waals surface area contributed by atoms with E-state index in [2.05, 4.69) is 282 Å². The zero-order valence-electron chi connectivity index (χ0n) is 37.3. The Hall–Kier alpha value is -8.86. The van der Waals surface area contributed by atoms with Crippen LogP contribution in [-0.2, 0) is 0 Å². The Balaban J connectivity index is 1.13. The summed E-state index contributed by atoms with van der Waals surface area (Å²) >= 11 is 0. The van der Waals surface area contributed by atoms with E-state index in [4.69, 9.17) is 0 Å². The molecule has 0 aromatic heterocycles. The summed E-state index contributed by atoms with van der Waals surface area (Å²) in [6.07, 6.45) is 0. The molecule has 3 nitrogen and oxygen atoms in total. The van der Waals surface area contributed by atoms with E-state index >= 15 is 0 Å². The first-order chi connectivity index (χ1) is 33.7. The lowest BCUT2D eigenvalue weighted by Crippen LogP contribution is -2.61. The Kier molecular flexibility index (Phi) is 9.61. The summed E-state index contributed by atoms with van der Waals surface area (Å²) in [7, 11) is 0. The molecule has 11 aromatic carbocycles. The molecule has 0 unspecified atom stereocenters. The standard InChI is InChI=1S/C64H44BN3/c1-6-20-45(21-7-1)48-27-18-33-54(40-48)67-62-43-50(47-24-10-3-11-25-47)36-39-60(62)65-63-59(42-51-26-16-17-35-57(51)64(63)67)58-38-37-55(66(52-29-12-4-13-30-52)53-31-14-5-15-32-53)44-61(58)68(65)56-34-19-28-49(41-56)46-22-8-2-9-23-46/h1-44H. The van der Waals surface area contributed by atoms with Crippen molar-refractivity contribution in [2.24, 2.45) is 0 Å². The predicted octanol–water partition coefficient (Wildman–Crippen LogP) is 16.0. The van der Waals surface area contributed by atoms with Crippen molar-refractivity contribution in [3.8, 4) is 44.5 Å². The van der Waals surface area contributed by atoms with Crippen LogP contribution in [0.3, 0.4) is 0 Å². The van der Waals surface area contributed by atoms with Gasteiger partial charge in [0.05, 0.1) is 5.69 Å². The minimum absolute atomic E-state index is 0.186. The van der Waals surface area contributed by atoms with E-state index in [0.29, 0.717) is 0 Å². The highest BCUT2D eigenvalue weighted by Gasteiger charge is 2.46. The molecular formula is C64H44BN3. The molecule has 11 aromatic rings. The van der Waals surface area contributed by atoms with Crippen molar-refractivity contribution in [3.63, 3.8) is 0 Å². The first-order valence-electron chi connectivity index (χ1n) is 23.5. The highest BCUT2D eigenvalue weighted by Crippen LogP contribution is 2.51. The van der Waals surface area contributed by atoms with E-state index in [1.165, 1.54) is 71.9 Å². The maximum Gasteiger partial charge on any atom is 0.333 e. The molecule has 2 heterocycles. The lowest BCUT2D eigenvalue weighted by atomic mass is 9.43. The molecule has 0 N–H and O–H groups in total. The Morgan fingerprint density at radius 2 is 0.838 bits per heavy atom. The summed E-state index contributed by atoms with van der Waals surface area (Å²) < 4.78 is 0. The molecule has 13 rings (SSSR count). The van der Waals surface area contributed by atoms with Gasteiger partial charge in [0.15, 0.2) is 0 Å². The smallest absolute Gasteiger partial charge is 0.333 e. The lowest BCUT2D eigenvalue weighted by molar-refractivity contribution is 1.26. The summed E-state index contributed by atoms with van der Waals surface area (Å²) in [5.41, 5.74) is 21.1. The van der Waals surface area contributed by atoms with Crippen LogP contribution in [0.25, 0.3) is 55.3 Å². The number of benzene rings is 11. The number of anilines is 8. The number of fused-ring (bicyclic) bond motifs is 6. The van der Waals surface area contributed by atoms with Crippen LogP contribution in [0.4, 0.5) is 45.5 Å². The molecule has 0 aliphatic carbocycles. The monoisotopic (exact) mass is 865 g/mol. The van der Waals surface area contributed by atoms with Gasteiger partial charge in [-0.25, -0.2) is 0 Å². The number of rotatable bonds is 8. The van der Waals surface area contributed by atoms with Crippen molar-refractivity contribution >= 4 is 74.0 Å². The first-order valence-corrected chi connectivity index (χ1v) is 23.5. The van der Waals surface area contributed by atoms with Gasteiger partial charge in [0.2, 0.25) is 0 Å². The normalized spacial score (nSPS) is 12.3. The highest BCUT2D eigenvalue weighted by molar-refractivity contribution is 6.94. The Morgan fingerprint density at radius 1 is 0.324 bits per heavy atom. The second kappa shape index (κ2) is 16.5. The SMILES string of the molecule is c1ccc(-c2cccc(N3B4c5ccc(-c6ccccc6)cc5N(c5cccc(-c6ccccc6)c5)c5c4c(cc4ccccc54)-c4ccc(N(c5ccccc5)c5ccccc5)cc43)c2)cc1. The summed E-state index contributed by atoms with van der Waals surface area (Å²) in [4.78, 5) is 7.58. The molecule has 68 heavy (non-hydrogen) atoms. The molecular weight excluding hydrogens is 822 g/mol. The van der Waals surface area contributed by atoms with Gasteiger partial charge < -0.3 is 14.6 Å². The highest BCUT2D eigenvalue weighted by atomic mass is 15.2. The van der Waals surface area contributed by atoms with Gasteiger partial charge in [-0.05, 0) is 128 Å². The Bertz CT molecular complexity index is 3600. The van der Waals surface area contributed by atoms with Crippen molar-refractivity contribution < 1.29 is 0 Å². The third kappa shape index (κ3) is 6.69. The van der Waals surface area contributed by atoms with E-state index in [1.54, 1.807) is 0 Å². The predicted molar refractivity (Wildman–Crippen MR) is 289 cm³/mol. The first kappa shape index (κ1) is 39.5. The number of para-hydroxylation sites is 2. The molecule has 318 valence electrons. The fourth-order valence-electron chi connectivity index (χ4n) is 10.7. The fraction of sp³-hybridized carbons (Fsp3) is 0. The van der Waals surface area contributed by atoms with Gasteiger partial charge in [-0.3, -0.25) is 0 Å². The molecule has 0 radical (unpaired) electrons. The maximum absolute atomic E-state index is 2.64. The molecule has 2 aliphatic heterocycles. The Morgan fingerprint density at radius 3 is 1.46 bits per heavy atom. The fourth-order valence-corrected chi connectivity index (χ4v) is 10.7. The molecule has 4 heteroatoms. The maximum atomic E-state index is 2.64. The largest absolute Gasteiger partial charge is 0.376 e. The summed E-state index contributed by atoms with van der Waals surface area (Å²) in [6.45, 7) is -0.186. The number of hydrogen-bond acceptors (Lipinski definition) is 3. The molecule has 0 bridgehead atoms. The van der Waals surface area contributed by atoms with Crippen LogP contribution in [0.15, 0.2) is 267 Å². The lowest BCUT2D eigenvalue weighted by Gasteiger charge is -2.46. The van der Waals surface area contributed by atoms with Crippen molar-refractivity contribution in [2.45, 2.75) is 0 Å². The van der Waals surface area contributed by atoms with E-state index in [1.807, 2.05) is 0 Å². The van der Waals surface area contributed by atoms with Gasteiger partial charge >= 0.3 is 6.85 Å². The van der Waals surface area contributed by atoms with Gasteiger partial charge in [0.1, 0.15) is 0 Å². The summed E-state index contributed by atoms with van der Waals surface area (Å²) in [6, 6.07) is 97.7.